The fourth-order valence-corrected chi connectivity index (χ4v) is 1.99. The normalized spacial score (nSPS) is 21.8. The molecule has 7 heteroatoms. The van der Waals surface area contributed by atoms with Crippen LogP contribution in [-0.2, 0) is 9.59 Å². The Bertz CT molecular complexity index is 443. The molecule has 1 atom stereocenters. The summed E-state index contributed by atoms with van der Waals surface area (Å²) in [7, 11) is 0. The maximum Gasteiger partial charge on any atom is 0.323 e. The minimum atomic E-state index is -1.14. The van der Waals surface area contributed by atoms with E-state index < -0.39 is 29.9 Å². The third-order valence-electron chi connectivity index (χ3n) is 3.22. The minimum Gasteiger partial charge on any atom is -0.480 e. The topological polar surface area (TPSA) is 104 Å². The average molecular weight is 267 g/mol. The molecule has 7 nitrogen and oxygen atoms in total. The van der Waals surface area contributed by atoms with Crippen molar-refractivity contribution in [1.29, 1.82) is 0 Å². The number of amides is 3. The lowest BCUT2D eigenvalue weighted by Gasteiger charge is -2.26. The Morgan fingerprint density at radius 2 is 2.16 bits per heavy atom. The van der Waals surface area contributed by atoms with E-state index in [1.54, 1.807) is 6.92 Å². The highest BCUT2D eigenvalue weighted by Gasteiger charge is 2.41. The van der Waals surface area contributed by atoms with Crippen LogP contribution in [0.1, 0.15) is 13.3 Å². The predicted molar refractivity (Wildman–Crippen MR) is 66.9 cm³/mol. The number of carbonyl (C=O) groups is 3. The largest absolute Gasteiger partial charge is 0.480 e. The van der Waals surface area contributed by atoms with Gasteiger partial charge in [0.1, 0.15) is 6.54 Å². The number of likely N-dealkylation sites (tertiary alicyclic amines) is 1. The van der Waals surface area contributed by atoms with Crippen molar-refractivity contribution >= 4 is 17.9 Å². The summed E-state index contributed by atoms with van der Waals surface area (Å²) in [5.74, 6) is 0.638. The Balaban J connectivity index is 2.75. The predicted octanol–water partition coefficient (Wildman–Crippen LogP) is -0.676. The van der Waals surface area contributed by atoms with Crippen LogP contribution >= 0.6 is 0 Å². The molecule has 0 radical (unpaired) electrons. The van der Waals surface area contributed by atoms with Crippen LogP contribution in [0, 0.1) is 17.8 Å². The third kappa shape index (κ3) is 3.37. The Labute approximate surface area is 111 Å². The number of hydrogen-bond acceptors (Lipinski definition) is 3. The minimum absolute atomic E-state index is 0.0884. The number of rotatable bonds is 4. The van der Waals surface area contributed by atoms with Gasteiger partial charge >= 0.3 is 12.0 Å². The highest BCUT2D eigenvalue weighted by atomic mass is 16.4. The molecule has 1 aliphatic rings. The fraction of sp³-hybridized carbons (Fsp3) is 0.583. The summed E-state index contributed by atoms with van der Waals surface area (Å²) in [6.45, 7) is 1.67. The van der Waals surface area contributed by atoms with Gasteiger partial charge in [0.05, 0.1) is 12.0 Å². The summed E-state index contributed by atoms with van der Waals surface area (Å²) in [5, 5.41) is 8.74. The maximum absolute atomic E-state index is 12.1. The Kier molecular flexibility index (Phi) is 4.38. The lowest BCUT2D eigenvalue weighted by molar-refractivity contribution is -0.137. The number of nitrogens with zero attached hydrogens (tertiary/aromatic N) is 2. The van der Waals surface area contributed by atoms with E-state index in [-0.39, 0.29) is 13.1 Å². The maximum atomic E-state index is 12.1. The quantitative estimate of drug-likeness (QED) is 0.659. The first-order valence-corrected chi connectivity index (χ1v) is 5.79. The van der Waals surface area contributed by atoms with Crippen molar-refractivity contribution in [3.63, 3.8) is 0 Å². The lowest BCUT2D eigenvalue weighted by atomic mass is 9.89. The molecule has 1 aliphatic heterocycles. The van der Waals surface area contributed by atoms with Crippen LogP contribution in [-0.4, -0.2) is 59.0 Å². The van der Waals surface area contributed by atoms with E-state index in [9.17, 15) is 14.4 Å². The molecule has 0 aliphatic carbocycles. The van der Waals surface area contributed by atoms with E-state index >= 15 is 0 Å². The van der Waals surface area contributed by atoms with E-state index in [4.69, 9.17) is 17.3 Å². The van der Waals surface area contributed by atoms with E-state index in [1.807, 2.05) is 0 Å². The Hall–Kier alpha value is -2.23. The van der Waals surface area contributed by atoms with Crippen molar-refractivity contribution in [2.75, 3.05) is 26.2 Å². The summed E-state index contributed by atoms with van der Waals surface area (Å²) in [4.78, 5) is 36.6. The van der Waals surface area contributed by atoms with E-state index in [1.165, 1.54) is 4.90 Å². The van der Waals surface area contributed by atoms with Gasteiger partial charge in [0.2, 0.25) is 5.91 Å². The second kappa shape index (κ2) is 5.61. The monoisotopic (exact) mass is 267 g/mol. The SMILES string of the molecule is C#CCN(CC(=O)O)C(=O)N1CCC(C)(C(N)=O)C1. The summed E-state index contributed by atoms with van der Waals surface area (Å²) < 4.78 is 0. The molecule has 0 aromatic heterocycles. The summed E-state index contributed by atoms with van der Waals surface area (Å²) in [6, 6.07) is -0.481. The number of terminal acetylenes is 1. The van der Waals surface area contributed by atoms with Gasteiger partial charge in [0, 0.05) is 13.1 Å². The number of aliphatic carboxylic acids is 1. The van der Waals surface area contributed by atoms with Crippen molar-refractivity contribution < 1.29 is 19.5 Å². The molecule has 0 aromatic rings. The number of nitrogens with two attached hydrogens (primary N) is 1. The molecule has 0 saturated carbocycles. The van der Waals surface area contributed by atoms with Crippen LogP contribution < -0.4 is 5.73 Å². The van der Waals surface area contributed by atoms with Crippen LogP contribution in [0.4, 0.5) is 4.79 Å². The smallest absolute Gasteiger partial charge is 0.323 e. The Morgan fingerprint density at radius 3 is 2.58 bits per heavy atom. The van der Waals surface area contributed by atoms with Crippen LogP contribution in [0.25, 0.3) is 0 Å². The first kappa shape index (κ1) is 14.8. The van der Waals surface area contributed by atoms with Crippen LogP contribution in [0.5, 0.6) is 0 Å². The van der Waals surface area contributed by atoms with Gasteiger partial charge in [0.25, 0.3) is 0 Å². The average Bonchev–Trinajstić information content (AvgIpc) is 2.71. The molecule has 3 amide bonds. The molecular formula is C12H17N3O4. The Morgan fingerprint density at radius 1 is 1.53 bits per heavy atom. The zero-order valence-corrected chi connectivity index (χ0v) is 10.8. The zero-order chi connectivity index (χ0) is 14.6. The van der Waals surface area contributed by atoms with Crippen LogP contribution in [0.3, 0.4) is 0 Å². The third-order valence-corrected chi connectivity index (χ3v) is 3.22. The molecule has 1 saturated heterocycles. The lowest BCUT2D eigenvalue weighted by Crippen LogP contribution is -2.46. The molecule has 19 heavy (non-hydrogen) atoms. The van der Waals surface area contributed by atoms with Gasteiger partial charge in [-0.3, -0.25) is 9.59 Å². The second-order valence-electron chi connectivity index (χ2n) is 4.83. The summed E-state index contributed by atoms with van der Waals surface area (Å²) in [6.07, 6.45) is 5.58. The van der Waals surface area contributed by atoms with Gasteiger partial charge in [-0.25, -0.2) is 4.79 Å². The van der Waals surface area contributed by atoms with Crippen molar-refractivity contribution in [2.24, 2.45) is 11.1 Å². The number of urea groups is 1. The second-order valence-corrected chi connectivity index (χ2v) is 4.83. The van der Waals surface area contributed by atoms with Gasteiger partial charge in [-0.15, -0.1) is 6.42 Å². The molecule has 1 heterocycles. The van der Waals surface area contributed by atoms with E-state index in [0.717, 1.165) is 4.90 Å². The van der Waals surface area contributed by atoms with E-state index in [0.29, 0.717) is 13.0 Å². The standard InChI is InChI=1S/C12H17N3O4/c1-3-5-14(7-9(16)17)11(19)15-6-4-12(2,8-15)10(13)18/h1H,4-8H2,2H3,(H2,13,18)(H,16,17). The molecule has 104 valence electrons. The van der Waals surface area contributed by atoms with E-state index in [2.05, 4.69) is 5.92 Å². The van der Waals surface area contributed by atoms with Gasteiger partial charge in [-0.05, 0) is 13.3 Å². The van der Waals surface area contributed by atoms with Crippen LogP contribution in [0.15, 0.2) is 0 Å². The number of primary amides is 1. The zero-order valence-electron chi connectivity index (χ0n) is 10.8. The highest BCUT2D eigenvalue weighted by molar-refractivity contribution is 5.84. The number of carbonyl (C=O) groups excluding carboxylic acids is 2. The summed E-state index contributed by atoms with van der Waals surface area (Å²) in [5.41, 5.74) is 4.53. The molecule has 0 bridgehead atoms. The number of hydrogen-bond donors (Lipinski definition) is 2. The van der Waals surface area contributed by atoms with Gasteiger partial charge < -0.3 is 20.6 Å². The van der Waals surface area contributed by atoms with Crippen LogP contribution in [0.2, 0.25) is 0 Å². The molecule has 0 spiro atoms. The van der Waals surface area contributed by atoms with Crippen molar-refractivity contribution in [3.8, 4) is 12.3 Å². The van der Waals surface area contributed by atoms with Gasteiger partial charge in [0.15, 0.2) is 0 Å². The number of carboxylic acid groups (broad SMARTS) is 1. The fourth-order valence-electron chi connectivity index (χ4n) is 1.99. The molecule has 1 unspecified atom stereocenters. The van der Waals surface area contributed by atoms with Gasteiger partial charge in [-0.2, -0.15) is 0 Å². The van der Waals surface area contributed by atoms with Crippen molar-refractivity contribution in [1.82, 2.24) is 9.80 Å². The number of carboxylic acids is 1. The molecule has 0 aromatic carbocycles. The molecule has 1 fully saturated rings. The first-order valence-electron chi connectivity index (χ1n) is 5.79. The van der Waals surface area contributed by atoms with Gasteiger partial charge in [-0.1, -0.05) is 5.92 Å². The molecule has 3 N–H and O–H groups in total. The summed E-state index contributed by atoms with van der Waals surface area (Å²) >= 11 is 0. The first-order chi connectivity index (χ1) is 8.80. The van der Waals surface area contributed by atoms with Crippen molar-refractivity contribution in [3.05, 3.63) is 0 Å². The molecule has 1 rings (SSSR count). The molecular weight excluding hydrogens is 250 g/mol. The van der Waals surface area contributed by atoms with Crippen molar-refractivity contribution in [2.45, 2.75) is 13.3 Å². The highest BCUT2D eigenvalue weighted by Crippen LogP contribution is 2.29.